The molecule has 0 saturated heterocycles. The average molecular weight is 687 g/mol. The summed E-state index contributed by atoms with van der Waals surface area (Å²) in [5, 5.41) is 1.77. The van der Waals surface area contributed by atoms with Crippen LogP contribution in [0.5, 0.6) is 34.5 Å². The van der Waals surface area contributed by atoms with Crippen molar-refractivity contribution < 1.29 is 27.6 Å². The van der Waals surface area contributed by atoms with Crippen molar-refractivity contribution in [1.82, 2.24) is 0 Å². The van der Waals surface area contributed by atoms with Gasteiger partial charge in [-0.2, -0.15) is 0 Å². The highest BCUT2D eigenvalue weighted by Crippen LogP contribution is 2.51. The van der Waals surface area contributed by atoms with E-state index in [4.69, 9.17) is 27.6 Å². The monoisotopic (exact) mass is 686 g/mol. The van der Waals surface area contributed by atoms with Gasteiger partial charge >= 0.3 is 16.8 Å². The third-order valence-electron chi connectivity index (χ3n) is 7.83. The Labute approximate surface area is 290 Å². The molecule has 6 aromatic carbocycles. The second-order valence-corrected chi connectivity index (χ2v) is 14.0. The maximum absolute atomic E-state index is 6.78. The van der Waals surface area contributed by atoms with Gasteiger partial charge in [0.25, 0.3) is 0 Å². The van der Waals surface area contributed by atoms with E-state index in [0.29, 0.717) is 36.2 Å². The molecule has 0 aliphatic carbocycles. The Kier molecular flexibility index (Phi) is 10.3. The minimum absolute atomic E-state index is 0.491. The van der Waals surface area contributed by atoms with Crippen molar-refractivity contribution in [3.8, 4) is 45.6 Å². The second kappa shape index (κ2) is 15.5. The van der Waals surface area contributed by atoms with Crippen molar-refractivity contribution in [1.29, 1.82) is 0 Å². The van der Waals surface area contributed by atoms with Crippen LogP contribution in [0, 0.1) is 13.8 Å². The van der Waals surface area contributed by atoms with E-state index in [1.54, 1.807) is 0 Å². The third-order valence-corrected chi connectivity index (χ3v) is 11.2. The molecule has 1 heterocycles. The Morgan fingerprint density at radius 3 is 1.02 bits per heavy atom. The van der Waals surface area contributed by atoms with Crippen LogP contribution in [-0.4, -0.2) is 13.2 Å². The van der Waals surface area contributed by atoms with E-state index in [-0.39, 0.29) is 0 Å². The predicted octanol–water partition coefficient (Wildman–Crippen LogP) is 10.3. The second-order valence-electron chi connectivity index (χ2n) is 11.4. The molecule has 0 atom stereocenters. The highest BCUT2D eigenvalue weighted by Gasteiger charge is 2.35. The lowest BCUT2D eigenvalue weighted by atomic mass is 9.99. The van der Waals surface area contributed by atoms with Crippen molar-refractivity contribution >= 4 is 27.4 Å². The van der Waals surface area contributed by atoms with Crippen molar-refractivity contribution in [2.45, 2.75) is 20.3 Å². The van der Waals surface area contributed by atoms with Crippen LogP contribution in [0.3, 0.4) is 0 Å². The van der Waals surface area contributed by atoms with Gasteiger partial charge < -0.3 is 27.6 Å². The number of hydrogen-bond acceptors (Lipinski definition) is 6. The van der Waals surface area contributed by atoms with Gasteiger partial charge in [-0.3, -0.25) is 0 Å². The molecular weight excluding hydrogens is 650 g/mol. The molecule has 0 spiro atoms. The van der Waals surface area contributed by atoms with E-state index in [1.165, 1.54) is 0 Å². The topological polar surface area (TPSA) is 55.4 Å². The summed E-state index contributed by atoms with van der Waals surface area (Å²) in [5.41, 5.74) is 3.68. The summed E-state index contributed by atoms with van der Waals surface area (Å²) in [6.45, 7) is 5.15. The molecule has 0 saturated carbocycles. The van der Waals surface area contributed by atoms with Gasteiger partial charge in [0, 0.05) is 17.5 Å². The zero-order chi connectivity index (χ0) is 33.4. The summed E-state index contributed by atoms with van der Waals surface area (Å²) in [4.78, 5) is 0. The van der Waals surface area contributed by atoms with Gasteiger partial charge in [-0.15, -0.1) is 0 Å². The van der Waals surface area contributed by atoms with Crippen LogP contribution in [-0.2, 0) is 0 Å². The molecule has 0 unspecified atom stereocenters. The lowest BCUT2D eigenvalue weighted by Gasteiger charge is -2.28. The average Bonchev–Trinajstić information content (AvgIpc) is 3.22. The van der Waals surface area contributed by atoms with Crippen molar-refractivity contribution in [2.75, 3.05) is 13.2 Å². The first kappa shape index (κ1) is 32.5. The first-order valence-electron chi connectivity index (χ1n) is 16.2. The van der Waals surface area contributed by atoms with E-state index < -0.39 is 16.8 Å². The SMILES string of the molecule is Cc1ccc2c(c1P(Oc1ccccc1)Oc1ccccc1)-c1c(ccc(C)c1P(Oc1ccccc1)Oc1ccccc1)OCCCO2. The van der Waals surface area contributed by atoms with Crippen LogP contribution in [0.1, 0.15) is 17.5 Å². The molecule has 7 rings (SSSR count). The number of ether oxygens (including phenoxy) is 2. The molecule has 0 N–H and O–H groups in total. The molecule has 0 radical (unpaired) electrons. The zero-order valence-corrected chi connectivity index (χ0v) is 29.1. The summed E-state index contributed by atoms with van der Waals surface area (Å²) in [6, 6.07) is 47.3. The highest BCUT2D eigenvalue weighted by molar-refractivity contribution is 7.58. The molecule has 0 amide bonds. The van der Waals surface area contributed by atoms with Gasteiger partial charge in [-0.1, -0.05) is 84.9 Å². The Morgan fingerprint density at radius 1 is 0.408 bits per heavy atom. The van der Waals surface area contributed by atoms with Gasteiger partial charge in [-0.25, -0.2) is 0 Å². The minimum Gasteiger partial charge on any atom is -0.493 e. The van der Waals surface area contributed by atoms with Crippen LogP contribution >= 0.6 is 16.8 Å². The van der Waals surface area contributed by atoms with E-state index in [0.717, 1.165) is 50.8 Å². The van der Waals surface area contributed by atoms with Gasteiger partial charge in [0.1, 0.15) is 34.5 Å². The van der Waals surface area contributed by atoms with Gasteiger partial charge in [0.05, 0.1) is 23.8 Å². The Hall–Kier alpha value is -5.02. The van der Waals surface area contributed by atoms with Gasteiger partial charge in [-0.05, 0) is 85.6 Å². The molecule has 1 aliphatic rings. The summed E-state index contributed by atoms with van der Waals surface area (Å²) >= 11 is 0. The summed E-state index contributed by atoms with van der Waals surface area (Å²) < 4.78 is 40.3. The van der Waals surface area contributed by atoms with Crippen LogP contribution in [0.25, 0.3) is 11.1 Å². The molecule has 0 bridgehead atoms. The number of rotatable bonds is 10. The number of aryl methyl sites for hydroxylation is 2. The standard InChI is InChI=1S/C41H36O6P2/c1-30-24-26-36-38(40(30)48(44-32-16-7-3-8-17-32)45-33-18-9-4-10-19-33)39-37(43-29-15-28-42-36)27-25-31(2)41(39)49(46-34-20-11-5-12-21-34)47-35-22-13-6-14-23-35/h3-14,16-27H,15,28-29H2,1-2H3. The third kappa shape index (κ3) is 7.67. The van der Waals surface area contributed by atoms with Crippen molar-refractivity contribution in [3.05, 3.63) is 157 Å². The maximum Gasteiger partial charge on any atom is 0.327 e. The van der Waals surface area contributed by atoms with Gasteiger partial charge in [0.2, 0.25) is 0 Å². The Balaban J connectivity index is 1.48. The van der Waals surface area contributed by atoms with E-state index in [9.17, 15) is 0 Å². The summed E-state index contributed by atoms with van der Waals surface area (Å²) in [5.74, 6) is 4.24. The predicted molar refractivity (Wildman–Crippen MR) is 198 cm³/mol. The normalized spacial score (nSPS) is 12.3. The molecule has 49 heavy (non-hydrogen) atoms. The summed E-state index contributed by atoms with van der Waals surface area (Å²) in [6.07, 6.45) is 0.719. The fourth-order valence-corrected chi connectivity index (χ4v) is 8.73. The van der Waals surface area contributed by atoms with Crippen molar-refractivity contribution in [3.63, 3.8) is 0 Å². The molecule has 0 fully saturated rings. The lowest BCUT2D eigenvalue weighted by Crippen LogP contribution is -2.23. The van der Waals surface area contributed by atoms with Crippen LogP contribution in [0.2, 0.25) is 0 Å². The van der Waals surface area contributed by atoms with Crippen LogP contribution < -0.4 is 38.2 Å². The van der Waals surface area contributed by atoms with E-state index in [2.05, 4.69) is 26.0 Å². The Bertz CT molecular complexity index is 1750. The van der Waals surface area contributed by atoms with E-state index in [1.807, 2.05) is 133 Å². The smallest absolute Gasteiger partial charge is 0.327 e. The number of benzene rings is 6. The molecule has 1 aliphatic heterocycles. The van der Waals surface area contributed by atoms with E-state index >= 15 is 0 Å². The maximum atomic E-state index is 6.78. The first-order chi connectivity index (χ1) is 24.1. The minimum atomic E-state index is -1.74. The Morgan fingerprint density at radius 2 is 0.714 bits per heavy atom. The number of fused-ring (bicyclic) bond motifs is 3. The number of para-hydroxylation sites is 4. The number of hydrogen-bond donors (Lipinski definition) is 0. The highest BCUT2D eigenvalue weighted by atomic mass is 31.2. The van der Waals surface area contributed by atoms with Gasteiger partial charge in [0.15, 0.2) is 0 Å². The molecule has 246 valence electrons. The molecule has 6 nitrogen and oxygen atoms in total. The largest absolute Gasteiger partial charge is 0.493 e. The zero-order valence-electron chi connectivity index (χ0n) is 27.3. The lowest BCUT2D eigenvalue weighted by molar-refractivity contribution is 0.252. The first-order valence-corrected chi connectivity index (χ1v) is 18.5. The fraction of sp³-hybridized carbons (Fsp3) is 0.122. The molecule has 0 aromatic heterocycles. The molecule has 8 heteroatoms. The summed E-state index contributed by atoms with van der Waals surface area (Å²) in [7, 11) is -3.49. The fourth-order valence-electron chi connectivity index (χ4n) is 5.50. The molecular formula is C41H36O6P2. The van der Waals surface area contributed by atoms with Crippen LogP contribution in [0.15, 0.2) is 146 Å². The molecule has 6 aromatic rings. The van der Waals surface area contributed by atoms with Crippen LogP contribution in [0.4, 0.5) is 0 Å². The quantitative estimate of drug-likeness (QED) is 0.134. The van der Waals surface area contributed by atoms with Crippen molar-refractivity contribution in [2.24, 2.45) is 0 Å².